The normalized spacial score (nSPS) is 15.9. The second-order valence-corrected chi connectivity index (χ2v) is 2.84. The molecular formula is C4H7FO4S. The second-order valence-electron chi connectivity index (χ2n) is 1.49. The highest BCUT2D eigenvalue weighted by molar-refractivity contribution is 7.81. The molecule has 0 bridgehead atoms. The number of esters is 1. The van der Waals surface area contributed by atoms with Crippen molar-refractivity contribution in [2.75, 3.05) is 7.11 Å². The van der Waals surface area contributed by atoms with E-state index in [1.165, 1.54) is 6.92 Å². The molecular weight excluding hydrogens is 163 g/mol. The van der Waals surface area contributed by atoms with Crippen molar-refractivity contribution in [3.8, 4) is 0 Å². The van der Waals surface area contributed by atoms with E-state index in [1.807, 2.05) is 0 Å². The molecule has 0 aromatic heterocycles. The third-order valence-corrected chi connectivity index (χ3v) is 1.78. The largest absolute Gasteiger partial charge is 0.468 e. The maximum Gasteiger partial charge on any atom is 0.323 e. The van der Waals surface area contributed by atoms with Crippen LogP contribution in [0.3, 0.4) is 0 Å². The molecule has 0 N–H and O–H groups in total. The Bertz CT molecular complexity index is 132. The van der Waals surface area contributed by atoms with Gasteiger partial charge in [0.15, 0.2) is 5.25 Å². The molecule has 0 aliphatic rings. The number of hydrogen-bond acceptors (Lipinski definition) is 4. The van der Waals surface area contributed by atoms with Gasteiger partial charge in [0.2, 0.25) is 11.1 Å². The lowest BCUT2D eigenvalue weighted by Gasteiger charge is -2.02. The number of methoxy groups -OCH3 is 1. The Morgan fingerprint density at radius 1 is 1.70 bits per heavy atom. The standard InChI is InChI=1S/C4H7FO4S/c1-3(4(6)8-2)10(7)9-5/h3H,1-2H3/t3-,10?/m0/s1. The highest BCUT2D eigenvalue weighted by Gasteiger charge is 2.21. The predicted octanol–water partition coefficient (Wildman–Crippen LogP) is 0.113. The van der Waals surface area contributed by atoms with Gasteiger partial charge in [-0.3, -0.25) is 4.79 Å². The van der Waals surface area contributed by atoms with Gasteiger partial charge in [-0.25, -0.2) is 4.21 Å². The summed E-state index contributed by atoms with van der Waals surface area (Å²) < 4.78 is 28.5. The zero-order valence-electron chi connectivity index (χ0n) is 5.50. The maximum absolute atomic E-state index is 11.1. The maximum atomic E-state index is 11.1. The lowest BCUT2D eigenvalue weighted by molar-refractivity contribution is -0.140. The molecule has 0 rings (SSSR count). The lowest BCUT2D eigenvalue weighted by atomic mass is 10.5. The SMILES string of the molecule is COC(=O)[C@H](C)S(=O)OF. The van der Waals surface area contributed by atoms with Crippen LogP contribution in [0, 0.1) is 0 Å². The van der Waals surface area contributed by atoms with Gasteiger partial charge in [0.05, 0.1) is 7.11 Å². The van der Waals surface area contributed by atoms with Crippen LogP contribution >= 0.6 is 0 Å². The van der Waals surface area contributed by atoms with E-state index in [0.29, 0.717) is 0 Å². The molecule has 6 heteroatoms. The van der Waals surface area contributed by atoms with Crippen molar-refractivity contribution in [1.29, 1.82) is 0 Å². The van der Waals surface area contributed by atoms with E-state index in [9.17, 15) is 13.5 Å². The van der Waals surface area contributed by atoms with Crippen molar-refractivity contribution in [1.82, 2.24) is 0 Å². The molecule has 1 unspecified atom stereocenters. The van der Waals surface area contributed by atoms with Crippen LogP contribution in [0.25, 0.3) is 0 Å². The van der Waals surface area contributed by atoms with Gasteiger partial charge in [0, 0.05) is 0 Å². The van der Waals surface area contributed by atoms with Gasteiger partial charge in [0.1, 0.15) is 0 Å². The van der Waals surface area contributed by atoms with Crippen LogP contribution in [-0.2, 0) is 25.0 Å². The molecule has 60 valence electrons. The molecule has 0 saturated carbocycles. The fourth-order valence-electron chi connectivity index (χ4n) is 0.299. The van der Waals surface area contributed by atoms with Crippen LogP contribution in [0.5, 0.6) is 0 Å². The molecule has 10 heavy (non-hydrogen) atoms. The van der Waals surface area contributed by atoms with E-state index in [4.69, 9.17) is 0 Å². The lowest BCUT2D eigenvalue weighted by Crippen LogP contribution is -2.23. The van der Waals surface area contributed by atoms with Gasteiger partial charge < -0.3 is 4.74 Å². The fourth-order valence-corrected chi connectivity index (χ4v) is 0.662. The smallest absolute Gasteiger partial charge is 0.323 e. The summed E-state index contributed by atoms with van der Waals surface area (Å²) in [7, 11) is 1.12. The van der Waals surface area contributed by atoms with E-state index in [0.717, 1.165) is 7.11 Å². The molecule has 0 radical (unpaired) electrons. The molecule has 0 aromatic carbocycles. The minimum Gasteiger partial charge on any atom is -0.468 e. The van der Waals surface area contributed by atoms with Crippen molar-refractivity contribution in [3.63, 3.8) is 0 Å². The highest BCUT2D eigenvalue weighted by Crippen LogP contribution is 1.99. The molecule has 0 heterocycles. The monoisotopic (exact) mass is 170 g/mol. The molecule has 0 aliphatic heterocycles. The van der Waals surface area contributed by atoms with E-state index >= 15 is 0 Å². The van der Waals surface area contributed by atoms with Gasteiger partial charge >= 0.3 is 5.97 Å². The van der Waals surface area contributed by atoms with Crippen LogP contribution in [-0.4, -0.2) is 22.5 Å². The first-order valence-electron chi connectivity index (χ1n) is 2.41. The Morgan fingerprint density at radius 2 is 2.20 bits per heavy atom. The molecule has 0 saturated heterocycles. The van der Waals surface area contributed by atoms with Crippen LogP contribution in [0.1, 0.15) is 6.92 Å². The molecule has 0 spiro atoms. The third kappa shape index (κ3) is 2.40. The van der Waals surface area contributed by atoms with Crippen molar-refractivity contribution in [2.45, 2.75) is 12.2 Å². The quantitative estimate of drug-likeness (QED) is 0.564. The van der Waals surface area contributed by atoms with Crippen LogP contribution < -0.4 is 0 Å². The molecule has 0 aliphatic carbocycles. The van der Waals surface area contributed by atoms with Gasteiger partial charge in [-0.15, -0.1) is 0 Å². The molecule has 0 aromatic rings. The van der Waals surface area contributed by atoms with Gasteiger partial charge in [0.25, 0.3) is 0 Å². The summed E-state index contributed by atoms with van der Waals surface area (Å²) in [4.78, 5) is 10.5. The number of rotatable bonds is 3. The number of halogens is 1. The Kier molecular flexibility index (Phi) is 4.13. The van der Waals surface area contributed by atoms with Gasteiger partial charge in [-0.1, -0.05) is 4.39 Å². The second kappa shape index (κ2) is 4.35. The zero-order valence-corrected chi connectivity index (χ0v) is 6.31. The fraction of sp³-hybridized carbons (Fsp3) is 0.750. The topological polar surface area (TPSA) is 52.6 Å². The van der Waals surface area contributed by atoms with Crippen LogP contribution in [0.15, 0.2) is 0 Å². The van der Waals surface area contributed by atoms with Crippen molar-refractivity contribution < 1.29 is 22.7 Å². The average molecular weight is 170 g/mol. The molecule has 0 fully saturated rings. The van der Waals surface area contributed by atoms with E-state index in [1.54, 1.807) is 0 Å². The summed E-state index contributed by atoms with van der Waals surface area (Å²) in [5.41, 5.74) is 0. The zero-order chi connectivity index (χ0) is 8.15. The van der Waals surface area contributed by atoms with Crippen molar-refractivity contribution in [2.24, 2.45) is 0 Å². The van der Waals surface area contributed by atoms with Gasteiger partial charge in [-0.05, 0) is 11.4 Å². The first-order chi connectivity index (χ1) is 4.63. The molecule has 2 atom stereocenters. The summed E-state index contributed by atoms with van der Waals surface area (Å²) in [5, 5.41) is -1.09. The summed E-state index contributed by atoms with van der Waals surface area (Å²) in [6.45, 7) is 1.24. The summed E-state index contributed by atoms with van der Waals surface area (Å²) in [6, 6.07) is 0. The Hall–Kier alpha value is -0.490. The van der Waals surface area contributed by atoms with Crippen molar-refractivity contribution >= 4 is 17.0 Å². The molecule has 4 nitrogen and oxygen atoms in total. The Labute approximate surface area is 59.9 Å². The number of carbonyl (C=O) groups excluding carboxylic acids is 1. The third-order valence-electron chi connectivity index (χ3n) is 0.884. The first-order valence-corrected chi connectivity index (χ1v) is 3.54. The van der Waals surface area contributed by atoms with Crippen LogP contribution in [0.2, 0.25) is 0 Å². The minimum absolute atomic E-state index is 0.768. The van der Waals surface area contributed by atoms with E-state index < -0.39 is 22.3 Å². The molecule has 0 amide bonds. The van der Waals surface area contributed by atoms with Gasteiger partial charge in [-0.2, -0.15) is 0 Å². The number of carbonyl (C=O) groups is 1. The number of hydrogen-bond donors (Lipinski definition) is 0. The van der Waals surface area contributed by atoms with Crippen LogP contribution in [0.4, 0.5) is 4.53 Å². The number of ether oxygens (including phenoxy) is 1. The average Bonchev–Trinajstić information content (AvgIpc) is 2.00. The van der Waals surface area contributed by atoms with Crippen molar-refractivity contribution in [3.05, 3.63) is 0 Å². The Balaban J connectivity index is 3.94. The summed E-state index contributed by atoms with van der Waals surface area (Å²) >= 11 is -2.24. The summed E-state index contributed by atoms with van der Waals surface area (Å²) in [5.74, 6) is -0.768. The van der Waals surface area contributed by atoms with E-state index in [2.05, 4.69) is 9.12 Å². The minimum atomic E-state index is -2.24. The van der Waals surface area contributed by atoms with E-state index in [-0.39, 0.29) is 0 Å². The highest BCUT2D eigenvalue weighted by atomic mass is 32.2. The first kappa shape index (κ1) is 9.51. The Morgan fingerprint density at radius 3 is 2.50 bits per heavy atom. The summed E-state index contributed by atoms with van der Waals surface area (Å²) in [6.07, 6.45) is 0. The predicted molar refractivity (Wildman–Crippen MR) is 31.8 cm³/mol.